The summed E-state index contributed by atoms with van der Waals surface area (Å²) in [6.07, 6.45) is 9.37. The maximum Gasteiger partial charge on any atom is 0.149 e. The van der Waals surface area contributed by atoms with E-state index in [2.05, 4.69) is 19.1 Å². The summed E-state index contributed by atoms with van der Waals surface area (Å²) in [5.41, 5.74) is 0. The first kappa shape index (κ1) is 13.4. The zero-order valence-electron chi connectivity index (χ0n) is 10.2. The lowest BCUT2D eigenvalue weighted by Gasteiger charge is -2.17. The molecule has 1 fully saturated rings. The fourth-order valence-corrected chi connectivity index (χ4v) is 2.09. The van der Waals surface area contributed by atoms with Crippen molar-refractivity contribution in [3.63, 3.8) is 0 Å². The van der Waals surface area contributed by atoms with Crippen LogP contribution in [-0.4, -0.2) is 32.2 Å². The minimum absolute atomic E-state index is 0.0785. The molecule has 0 aliphatic carbocycles. The van der Waals surface area contributed by atoms with Crippen molar-refractivity contribution in [3.8, 4) is 0 Å². The number of aldehydes is 1. The van der Waals surface area contributed by atoms with E-state index in [1.807, 2.05) is 0 Å². The highest BCUT2D eigenvalue weighted by Crippen LogP contribution is 2.26. The topological polar surface area (TPSA) is 35.5 Å². The van der Waals surface area contributed by atoms with E-state index in [4.69, 9.17) is 9.47 Å². The molecule has 16 heavy (non-hydrogen) atoms. The second-order valence-electron chi connectivity index (χ2n) is 4.21. The van der Waals surface area contributed by atoms with Gasteiger partial charge in [0.25, 0.3) is 0 Å². The highest BCUT2D eigenvalue weighted by molar-refractivity contribution is 5.57. The van der Waals surface area contributed by atoms with Crippen molar-refractivity contribution in [2.45, 2.75) is 44.8 Å². The summed E-state index contributed by atoms with van der Waals surface area (Å²) in [4.78, 5) is 10.8. The Labute approximate surface area is 97.8 Å². The quantitative estimate of drug-likeness (QED) is 0.494. The molecule has 1 saturated heterocycles. The van der Waals surface area contributed by atoms with Gasteiger partial charge in [0.1, 0.15) is 12.4 Å². The van der Waals surface area contributed by atoms with Crippen molar-refractivity contribution < 1.29 is 14.3 Å². The van der Waals surface area contributed by atoms with E-state index in [0.717, 1.165) is 25.5 Å². The second kappa shape index (κ2) is 7.58. The molecule has 0 saturated carbocycles. The maximum atomic E-state index is 10.8. The van der Waals surface area contributed by atoms with Gasteiger partial charge in [0.05, 0.1) is 12.7 Å². The lowest BCUT2D eigenvalue weighted by molar-refractivity contribution is -0.117. The molecule has 3 nitrogen and oxygen atoms in total. The second-order valence-corrected chi connectivity index (χ2v) is 4.21. The summed E-state index contributed by atoms with van der Waals surface area (Å²) < 4.78 is 10.7. The van der Waals surface area contributed by atoms with E-state index < -0.39 is 0 Å². The van der Waals surface area contributed by atoms with Gasteiger partial charge in [0, 0.05) is 13.0 Å². The number of rotatable bonds is 7. The number of hydrogen-bond donors (Lipinski definition) is 0. The molecular weight excluding hydrogens is 204 g/mol. The minimum Gasteiger partial charge on any atom is -0.379 e. The average molecular weight is 226 g/mol. The number of allylic oxidation sites excluding steroid dienone is 2. The van der Waals surface area contributed by atoms with Gasteiger partial charge in [0.2, 0.25) is 0 Å². The Morgan fingerprint density at radius 1 is 1.38 bits per heavy atom. The van der Waals surface area contributed by atoms with E-state index in [-0.39, 0.29) is 18.1 Å². The Kier molecular flexibility index (Phi) is 6.34. The summed E-state index contributed by atoms with van der Waals surface area (Å²) in [5, 5.41) is 0. The Hall–Kier alpha value is -0.670. The Balaban J connectivity index is 2.34. The molecule has 0 N–H and O–H groups in total. The predicted molar refractivity (Wildman–Crippen MR) is 63.4 cm³/mol. The van der Waals surface area contributed by atoms with Crippen molar-refractivity contribution in [1.82, 2.24) is 0 Å². The highest BCUT2D eigenvalue weighted by Gasteiger charge is 2.36. The predicted octanol–water partition coefficient (Wildman–Crippen LogP) is 2.35. The summed E-state index contributed by atoms with van der Waals surface area (Å²) in [6.45, 7) is 2.71. The summed E-state index contributed by atoms with van der Waals surface area (Å²) in [5.74, 6) is 0.216. The van der Waals surface area contributed by atoms with Crippen LogP contribution in [0.3, 0.4) is 0 Å². The van der Waals surface area contributed by atoms with Gasteiger partial charge < -0.3 is 14.3 Å². The van der Waals surface area contributed by atoms with Crippen LogP contribution < -0.4 is 0 Å². The molecule has 0 aromatic heterocycles. The van der Waals surface area contributed by atoms with E-state index in [9.17, 15) is 4.79 Å². The number of carbonyl (C=O) groups is 1. The molecule has 0 amide bonds. The van der Waals surface area contributed by atoms with Gasteiger partial charge in [-0.15, -0.1) is 0 Å². The van der Waals surface area contributed by atoms with E-state index in [0.29, 0.717) is 6.61 Å². The average Bonchev–Trinajstić information content (AvgIpc) is 2.71. The summed E-state index contributed by atoms with van der Waals surface area (Å²) >= 11 is 0. The van der Waals surface area contributed by atoms with Crippen LogP contribution in [0.2, 0.25) is 0 Å². The molecule has 0 bridgehead atoms. The molecule has 3 atom stereocenters. The molecule has 1 aliphatic heterocycles. The van der Waals surface area contributed by atoms with Crippen LogP contribution in [0.15, 0.2) is 12.2 Å². The number of carbonyl (C=O) groups excluding carboxylic acids is 1. The smallest absolute Gasteiger partial charge is 0.149 e. The van der Waals surface area contributed by atoms with Crippen molar-refractivity contribution in [1.29, 1.82) is 0 Å². The Bertz CT molecular complexity index is 225. The molecule has 1 heterocycles. The maximum absolute atomic E-state index is 10.8. The molecule has 92 valence electrons. The standard InChI is InChI=1S/C13H22O3/c1-3-4-5-6-7-8-11-12(9-14)16-10-13(11)15-2/h5-6,9,11-13H,3-4,7-8,10H2,1-2H3/b6-5-/t11-,12-,13?/m1/s1. The summed E-state index contributed by atoms with van der Waals surface area (Å²) in [7, 11) is 1.68. The van der Waals surface area contributed by atoms with Crippen molar-refractivity contribution in [2.75, 3.05) is 13.7 Å². The molecule has 1 rings (SSSR count). The van der Waals surface area contributed by atoms with Gasteiger partial charge >= 0.3 is 0 Å². The van der Waals surface area contributed by atoms with Crippen molar-refractivity contribution >= 4 is 6.29 Å². The van der Waals surface area contributed by atoms with Crippen LogP contribution in [0.5, 0.6) is 0 Å². The summed E-state index contributed by atoms with van der Waals surface area (Å²) in [6, 6.07) is 0. The lowest BCUT2D eigenvalue weighted by Crippen LogP contribution is -2.26. The van der Waals surface area contributed by atoms with E-state index in [1.165, 1.54) is 6.42 Å². The number of methoxy groups -OCH3 is 1. The molecule has 0 radical (unpaired) electrons. The molecule has 1 unspecified atom stereocenters. The van der Waals surface area contributed by atoms with Crippen LogP contribution in [0.25, 0.3) is 0 Å². The van der Waals surface area contributed by atoms with Crippen molar-refractivity contribution in [3.05, 3.63) is 12.2 Å². The van der Waals surface area contributed by atoms with Crippen LogP contribution >= 0.6 is 0 Å². The first-order valence-corrected chi connectivity index (χ1v) is 6.08. The highest BCUT2D eigenvalue weighted by atomic mass is 16.5. The SMILES string of the molecule is CCC/C=C\CC[C@H]1C(OC)CO[C@@H]1C=O. The van der Waals surface area contributed by atoms with Gasteiger partial charge in [-0.2, -0.15) is 0 Å². The monoisotopic (exact) mass is 226 g/mol. The fourth-order valence-electron chi connectivity index (χ4n) is 2.09. The number of ether oxygens (including phenoxy) is 2. The molecule has 0 spiro atoms. The van der Waals surface area contributed by atoms with Crippen molar-refractivity contribution in [2.24, 2.45) is 5.92 Å². The van der Waals surface area contributed by atoms with E-state index in [1.54, 1.807) is 7.11 Å². The van der Waals surface area contributed by atoms with Crippen LogP contribution in [0.4, 0.5) is 0 Å². The van der Waals surface area contributed by atoms with Gasteiger partial charge in [-0.3, -0.25) is 0 Å². The molecule has 3 heteroatoms. The first-order chi connectivity index (χ1) is 7.83. The minimum atomic E-state index is -0.274. The Morgan fingerprint density at radius 2 is 2.12 bits per heavy atom. The largest absolute Gasteiger partial charge is 0.379 e. The third-order valence-corrected chi connectivity index (χ3v) is 3.08. The van der Waals surface area contributed by atoms with Crippen LogP contribution in [-0.2, 0) is 14.3 Å². The fraction of sp³-hybridized carbons (Fsp3) is 0.769. The van der Waals surface area contributed by atoms with Gasteiger partial charge in [-0.05, 0) is 19.3 Å². The molecule has 0 aromatic rings. The first-order valence-electron chi connectivity index (χ1n) is 6.08. The molecule has 1 aliphatic rings. The normalized spacial score (nSPS) is 30.0. The zero-order valence-corrected chi connectivity index (χ0v) is 10.2. The lowest BCUT2D eigenvalue weighted by atomic mass is 9.94. The Morgan fingerprint density at radius 3 is 2.75 bits per heavy atom. The molecular formula is C13H22O3. The zero-order chi connectivity index (χ0) is 11.8. The number of unbranched alkanes of at least 4 members (excludes halogenated alkanes) is 1. The van der Waals surface area contributed by atoms with Crippen LogP contribution in [0, 0.1) is 5.92 Å². The van der Waals surface area contributed by atoms with E-state index >= 15 is 0 Å². The van der Waals surface area contributed by atoms with Gasteiger partial charge in [-0.25, -0.2) is 0 Å². The third-order valence-electron chi connectivity index (χ3n) is 3.08. The number of hydrogen-bond acceptors (Lipinski definition) is 3. The van der Waals surface area contributed by atoms with Gasteiger partial charge in [0.15, 0.2) is 0 Å². The molecule has 0 aromatic carbocycles. The third kappa shape index (κ3) is 3.72. The van der Waals surface area contributed by atoms with Crippen LogP contribution in [0.1, 0.15) is 32.6 Å². The van der Waals surface area contributed by atoms with Gasteiger partial charge in [-0.1, -0.05) is 25.5 Å².